The summed E-state index contributed by atoms with van der Waals surface area (Å²) in [4.78, 5) is 77.8. The highest BCUT2D eigenvalue weighted by Gasteiger charge is 2.59. The van der Waals surface area contributed by atoms with Crippen LogP contribution in [-0.2, 0) is 44.8 Å². The standard InChI is InChI=1S/C35H50N6O17/c1-3-35(2)11-22(46)40(33(35)53)9-7-20(44)37-8-6-21(45)38-16-10-15(4-5-17(16)57-32-28(51)26(49)24(47)19(13-43)58-32)14-55-34(54)39-30-31(52)41(30)23-18(12-42)56-29(36)27(50)25(23)48/h4-5,10,18-19,23-30,32,42-43,47-51H,3,6-9,11-14,36H2,1-2H3,(H,37,44)(H,38,45)(H,39,54). The SMILES string of the molecule is CCC1(C)CC(=O)N(CCC(=O)NCCC(=O)Nc2cc(COC(=O)NC3C(=O)N3C3C(CO)OC(N)C(O)C3O)ccc2OC2OC(CO)C(O)C(O)C2O)C1=O. The van der Waals surface area contributed by atoms with E-state index in [1.165, 1.54) is 18.2 Å². The lowest BCUT2D eigenvalue weighted by Gasteiger charge is -2.41. The third-order valence-corrected chi connectivity index (χ3v) is 10.6. The molecule has 1 aromatic carbocycles. The van der Waals surface area contributed by atoms with Crippen molar-refractivity contribution < 1.29 is 83.5 Å². The van der Waals surface area contributed by atoms with Gasteiger partial charge in [-0.05, 0) is 24.1 Å². The number of aliphatic hydroxyl groups excluding tert-OH is 7. The van der Waals surface area contributed by atoms with E-state index in [0.717, 1.165) is 9.80 Å². The zero-order chi connectivity index (χ0) is 42.6. The van der Waals surface area contributed by atoms with E-state index < -0.39 is 117 Å². The molecular formula is C35H50N6O17. The van der Waals surface area contributed by atoms with E-state index >= 15 is 0 Å². The van der Waals surface area contributed by atoms with Crippen LogP contribution < -0.4 is 26.4 Å². The van der Waals surface area contributed by atoms with Crippen molar-refractivity contribution in [2.75, 3.05) is 31.6 Å². The number of nitrogens with two attached hydrogens (primary N) is 1. The van der Waals surface area contributed by atoms with Crippen molar-refractivity contribution in [3.05, 3.63) is 23.8 Å². The summed E-state index contributed by atoms with van der Waals surface area (Å²) in [5.41, 5.74) is 4.98. The molecule has 58 heavy (non-hydrogen) atoms. The maximum atomic E-state index is 13.1. The minimum atomic E-state index is -1.80. The van der Waals surface area contributed by atoms with Gasteiger partial charge in [0, 0.05) is 32.4 Å². The number of nitrogens with zero attached hydrogens (tertiary/aromatic N) is 2. The van der Waals surface area contributed by atoms with Gasteiger partial charge in [-0.15, -0.1) is 0 Å². The maximum Gasteiger partial charge on any atom is 0.409 e. The van der Waals surface area contributed by atoms with Crippen LogP contribution in [-0.4, -0.2) is 175 Å². The molecule has 0 bridgehead atoms. The van der Waals surface area contributed by atoms with E-state index in [9.17, 15) is 64.5 Å². The van der Waals surface area contributed by atoms with Crippen molar-refractivity contribution in [3.63, 3.8) is 0 Å². The molecule has 0 spiro atoms. The van der Waals surface area contributed by atoms with E-state index in [-0.39, 0.29) is 61.2 Å². The predicted molar refractivity (Wildman–Crippen MR) is 191 cm³/mol. The van der Waals surface area contributed by atoms with E-state index in [2.05, 4.69) is 16.0 Å². The Balaban J connectivity index is 1.19. The number of alkyl carbamates (subject to hydrolysis) is 1. The van der Waals surface area contributed by atoms with Crippen LogP contribution in [0.25, 0.3) is 0 Å². The van der Waals surface area contributed by atoms with Crippen LogP contribution in [0.3, 0.4) is 0 Å². The summed E-state index contributed by atoms with van der Waals surface area (Å²) in [6.07, 6.45) is -16.2. The lowest BCUT2D eigenvalue weighted by atomic mass is 9.86. The molecule has 12 atom stereocenters. The maximum absolute atomic E-state index is 13.1. The fourth-order valence-electron chi connectivity index (χ4n) is 6.85. The Kier molecular flexibility index (Phi) is 14.3. The van der Waals surface area contributed by atoms with Gasteiger partial charge in [0.25, 0.3) is 5.91 Å². The molecule has 322 valence electrons. The zero-order valence-electron chi connectivity index (χ0n) is 31.6. The average Bonchev–Trinajstić information content (AvgIpc) is 3.74. The van der Waals surface area contributed by atoms with Gasteiger partial charge in [0.2, 0.25) is 29.9 Å². The Hall–Kier alpha value is -4.56. The fraction of sp³-hybridized carbons (Fsp3) is 0.657. The molecule has 5 rings (SSSR count). The van der Waals surface area contributed by atoms with Crippen molar-refractivity contribution in [2.24, 2.45) is 11.1 Å². The second-order valence-electron chi connectivity index (χ2n) is 14.6. The first-order valence-corrected chi connectivity index (χ1v) is 18.6. The van der Waals surface area contributed by atoms with E-state index in [1.54, 1.807) is 13.8 Å². The summed E-state index contributed by atoms with van der Waals surface area (Å²) in [5, 5.41) is 78.2. The van der Waals surface area contributed by atoms with Gasteiger partial charge in [-0.25, -0.2) is 4.79 Å². The van der Waals surface area contributed by atoms with Crippen LogP contribution >= 0.6 is 0 Å². The molecule has 4 aliphatic heterocycles. The number of nitrogens with one attached hydrogen (secondary N) is 3. The molecule has 1 aromatic rings. The van der Waals surface area contributed by atoms with Crippen LogP contribution in [0, 0.1) is 5.41 Å². The monoisotopic (exact) mass is 826 g/mol. The summed E-state index contributed by atoms with van der Waals surface area (Å²) in [6, 6.07) is 2.76. The number of anilines is 1. The zero-order valence-corrected chi connectivity index (χ0v) is 31.6. The highest BCUT2D eigenvalue weighted by Crippen LogP contribution is 2.36. The number of hydrogen-bond acceptors (Lipinski definition) is 18. The van der Waals surface area contributed by atoms with Crippen LogP contribution in [0.4, 0.5) is 10.5 Å². The second-order valence-corrected chi connectivity index (χ2v) is 14.6. The molecule has 0 saturated carbocycles. The molecule has 4 saturated heterocycles. The number of carbonyl (C=O) groups excluding carboxylic acids is 6. The smallest absolute Gasteiger partial charge is 0.409 e. The normalized spacial score (nSPS) is 33.5. The first-order chi connectivity index (χ1) is 27.4. The molecule has 0 radical (unpaired) electrons. The molecule has 4 heterocycles. The quantitative estimate of drug-likeness (QED) is 0.0549. The number of amides is 6. The Morgan fingerprint density at radius 3 is 2.29 bits per heavy atom. The lowest BCUT2D eigenvalue weighted by molar-refractivity contribution is -0.277. The van der Waals surface area contributed by atoms with Crippen molar-refractivity contribution in [2.45, 2.75) is 114 Å². The van der Waals surface area contributed by atoms with Gasteiger partial charge in [-0.3, -0.25) is 34.2 Å². The van der Waals surface area contributed by atoms with Gasteiger partial charge in [-0.1, -0.05) is 19.9 Å². The number of likely N-dealkylation sites (tertiary alicyclic amines) is 1. The Bertz CT molecular complexity index is 1720. The Labute approximate surface area is 330 Å². The average molecular weight is 827 g/mol. The third-order valence-electron chi connectivity index (χ3n) is 10.6. The number of rotatable bonds is 16. The number of carbonyl (C=O) groups is 6. The summed E-state index contributed by atoms with van der Waals surface area (Å²) in [7, 11) is 0. The highest BCUT2D eigenvalue weighted by atomic mass is 16.7. The van der Waals surface area contributed by atoms with Crippen molar-refractivity contribution in [1.82, 2.24) is 20.4 Å². The molecule has 12 unspecified atom stereocenters. The number of aliphatic hydroxyl groups is 7. The van der Waals surface area contributed by atoms with E-state index in [1.807, 2.05) is 0 Å². The fourth-order valence-corrected chi connectivity index (χ4v) is 6.85. The van der Waals surface area contributed by atoms with Gasteiger partial charge in [0.1, 0.15) is 61.3 Å². The summed E-state index contributed by atoms with van der Waals surface area (Å²) < 4.78 is 21.7. The number of hydrogen-bond donors (Lipinski definition) is 11. The lowest BCUT2D eigenvalue weighted by Crippen LogP contribution is -2.64. The number of imide groups is 1. The predicted octanol–water partition coefficient (Wildman–Crippen LogP) is -4.96. The minimum absolute atomic E-state index is 0.0600. The van der Waals surface area contributed by atoms with E-state index in [0.29, 0.717) is 6.42 Å². The summed E-state index contributed by atoms with van der Waals surface area (Å²) in [5.74, 6) is -2.69. The molecule has 0 aromatic heterocycles. The number of benzene rings is 1. The molecule has 4 fully saturated rings. The topological polar surface area (TPSA) is 349 Å². The van der Waals surface area contributed by atoms with Crippen molar-refractivity contribution in [3.8, 4) is 5.75 Å². The van der Waals surface area contributed by atoms with Gasteiger partial charge >= 0.3 is 6.09 Å². The van der Waals surface area contributed by atoms with E-state index in [4.69, 9.17) is 24.7 Å². The molecule has 23 nitrogen and oxygen atoms in total. The third kappa shape index (κ3) is 9.65. The Morgan fingerprint density at radius 1 is 0.931 bits per heavy atom. The van der Waals surface area contributed by atoms with Crippen molar-refractivity contribution in [1.29, 1.82) is 0 Å². The largest absolute Gasteiger partial charge is 0.460 e. The molecule has 12 N–H and O–H groups in total. The molecule has 23 heteroatoms. The van der Waals surface area contributed by atoms with Crippen molar-refractivity contribution >= 4 is 41.3 Å². The molecular weight excluding hydrogens is 776 g/mol. The molecule has 4 aliphatic rings. The number of ether oxygens (including phenoxy) is 4. The second kappa shape index (κ2) is 18.6. The van der Waals surface area contributed by atoms with Gasteiger partial charge in [0.05, 0.1) is 30.4 Å². The van der Waals surface area contributed by atoms with Crippen LogP contribution in [0.2, 0.25) is 0 Å². The molecule has 6 amide bonds. The van der Waals surface area contributed by atoms with Gasteiger partial charge in [0.15, 0.2) is 6.17 Å². The molecule has 0 aliphatic carbocycles. The van der Waals surface area contributed by atoms with Crippen LogP contribution in [0.5, 0.6) is 5.75 Å². The van der Waals surface area contributed by atoms with Gasteiger partial charge < -0.3 is 76.0 Å². The highest BCUT2D eigenvalue weighted by molar-refractivity contribution is 6.06. The minimum Gasteiger partial charge on any atom is -0.460 e. The summed E-state index contributed by atoms with van der Waals surface area (Å²) in [6.45, 7) is 1.38. The Morgan fingerprint density at radius 2 is 1.64 bits per heavy atom. The van der Waals surface area contributed by atoms with Crippen LogP contribution in [0.1, 0.15) is 45.1 Å². The van der Waals surface area contributed by atoms with Crippen LogP contribution in [0.15, 0.2) is 18.2 Å². The first kappa shape index (κ1) is 44.5. The van der Waals surface area contributed by atoms with Gasteiger partial charge in [-0.2, -0.15) is 0 Å². The summed E-state index contributed by atoms with van der Waals surface area (Å²) >= 11 is 0. The first-order valence-electron chi connectivity index (χ1n) is 18.6.